The summed E-state index contributed by atoms with van der Waals surface area (Å²) in [6.07, 6.45) is 1.56. The first-order chi connectivity index (χ1) is 10.5. The lowest BCUT2D eigenvalue weighted by atomic mass is 10.1. The van der Waals surface area contributed by atoms with Crippen LogP contribution in [-0.4, -0.2) is 22.8 Å². The number of hydrogen-bond donors (Lipinski definition) is 0. The van der Waals surface area contributed by atoms with E-state index in [1.807, 2.05) is 25.1 Å². The molecule has 5 nitrogen and oxygen atoms in total. The molecule has 2 aromatic rings. The normalized spacial score (nSPS) is 11.1. The Bertz CT molecular complexity index is 795. The Kier molecular flexibility index (Phi) is 4.42. The van der Waals surface area contributed by atoms with Crippen molar-refractivity contribution >= 4 is 12.0 Å². The Labute approximate surface area is 129 Å². The maximum Gasteiger partial charge on any atom is 0.289 e. The maximum atomic E-state index is 12.4. The van der Waals surface area contributed by atoms with E-state index in [0.717, 1.165) is 22.6 Å². The van der Waals surface area contributed by atoms with Gasteiger partial charge in [0.2, 0.25) is 0 Å². The van der Waals surface area contributed by atoms with Crippen LogP contribution in [0.4, 0.5) is 0 Å². The van der Waals surface area contributed by atoms with E-state index in [1.54, 1.807) is 39.2 Å². The summed E-state index contributed by atoms with van der Waals surface area (Å²) in [7, 11) is 1.60. The molecule has 1 heterocycles. The average molecular weight is 295 g/mol. The highest BCUT2D eigenvalue weighted by atomic mass is 16.5. The molecule has 1 aromatic heterocycles. The van der Waals surface area contributed by atoms with Crippen molar-refractivity contribution in [2.24, 2.45) is 0 Å². The van der Waals surface area contributed by atoms with Crippen LogP contribution in [0, 0.1) is 32.1 Å². The number of carbonyl (C=O) groups excluding carboxylic acids is 1. The SMILES string of the molecule is COc1ccc(/C=C(\C#N)C(=O)n2nc(C)cc2C)cc1C. The number of aromatic nitrogens is 2. The standard InChI is InChI=1S/C17H17N3O2/c1-11-7-14(5-6-16(11)22-4)9-15(10-18)17(21)20-13(3)8-12(2)19-20/h5-9H,1-4H3/b15-9+. The number of ether oxygens (including phenoxy) is 1. The lowest BCUT2D eigenvalue weighted by Crippen LogP contribution is -2.15. The molecule has 0 amide bonds. The quantitative estimate of drug-likeness (QED) is 0.644. The monoisotopic (exact) mass is 295 g/mol. The second-order valence-electron chi connectivity index (χ2n) is 5.04. The van der Waals surface area contributed by atoms with Gasteiger partial charge in [0.15, 0.2) is 0 Å². The van der Waals surface area contributed by atoms with Gasteiger partial charge in [-0.1, -0.05) is 6.07 Å². The fourth-order valence-corrected chi connectivity index (χ4v) is 2.25. The summed E-state index contributed by atoms with van der Waals surface area (Å²) in [4.78, 5) is 12.4. The summed E-state index contributed by atoms with van der Waals surface area (Å²) < 4.78 is 6.45. The third-order valence-corrected chi connectivity index (χ3v) is 3.28. The summed E-state index contributed by atoms with van der Waals surface area (Å²) in [5.41, 5.74) is 3.19. The van der Waals surface area contributed by atoms with Crippen molar-refractivity contribution in [1.29, 1.82) is 5.26 Å². The van der Waals surface area contributed by atoms with Gasteiger partial charge in [0.25, 0.3) is 5.91 Å². The van der Waals surface area contributed by atoms with Crippen molar-refractivity contribution in [2.45, 2.75) is 20.8 Å². The van der Waals surface area contributed by atoms with Crippen molar-refractivity contribution in [1.82, 2.24) is 9.78 Å². The number of hydrogen-bond acceptors (Lipinski definition) is 4. The molecule has 0 spiro atoms. The number of benzene rings is 1. The second kappa shape index (κ2) is 6.27. The van der Waals surface area contributed by atoms with Gasteiger partial charge in [-0.15, -0.1) is 0 Å². The lowest BCUT2D eigenvalue weighted by molar-refractivity contribution is 0.0944. The molecule has 0 radical (unpaired) electrons. The summed E-state index contributed by atoms with van der Waals surface area (Å²) in [6.45, 7) is 5.49. The van der Waals surface area contributed by atoms with Crippen molar-refractivity contribution in [3.63, 3.8) is 0 Å². The van der Waals surface area contributed by atoms with E-state index in [0.29, 0.717) is 5.69 Å². The molecule has 5 heteroatoms. The van der Waals surface area contributed by atoms with Gasteiger partial charge < -0.3 is 4.74 Å². The highest BCUT2D eigenvalue weighted by molar-refractivity contribution is 6.03. The number of allylic oxidation sites excluding steroid dienone is 1. The Morgan fingerprint density at radius 3 is 2.55 bits per heavy atom. The third-order valence-electron chi connectivity index (χ3n) is 3.28. The second-order valence-corrected chi connectivity index (χ2v) is 5.04. The molecule has 0 aliphatic carbocycles. The molecular weight excluding hydrogens is 278 g/mol. The fraction of sp³-hybridized carbons (Fsp3) is 0.235. The minimum atomic E-state index is -0.429. The molecule has 0 N–H and O–H groups in total. The number of rotatable bonds is 3. The van der Waals surface area contributed by atoms with E-state index in [1.165, 1.54) is 4.68 Å². The van der Waals surface area contributed by atoms with Gasteiger partial charge in [0, 0.05) is 5.69 Å². The summed E-state index contributed by atoms with van der Waals surface area (Å²) in [6, 6.07) is 9.23. The molecule has 1 aromatic carbocycles. The van der Waals surface area contributed by atoms with Crippen molar-refractivity contribution in [3.8, 4) is 11.8 Å². The van der Waals surface area contributed by atoms with Gasteiger partial charge in [-0.05, 0) is 56.2 Å². The van der Waals surface area contributed by atoms with Crippen LogP contribution in [-0.2, 0) is 0 Å². The van der Waals surface area contributed by atoms with Gasteiger partial charge in [-0.3, -0.25) is 4.79 Å². The molecule has 0 bridgehead atoms. The van der Waals surface area contributed by atoms with Crippen LogP contribution >= 0.6 is 0 Å². The molecule has 0 fully saturated rings. The predicted octanol–water partition coefficient (Wildman–Crippen LogP) is 3.06. The highest BCUT2D eigenvalue weighted by Crippen LogP contribution is 2.20. The smallest absolute Gasteiger partial charge is 0.289 e. The van der Waals surface area contributed by atoms with Gasteiger partial charge in [-0.2, -0.15) is 10.4 Å². The van der Waals surface area contributed by atoms with Crippen molar-refractivity contribution < 1.29 is 9.53 Å². The molecule has 0 atom stereocenters. The molecule has 0 unspecified atom stereocenters. The van der Waals surface area contributed by atoms with Crippen LogP contribution in [0.15, 0.2) is 29.8 Å². The van der Waals surface area contributed by atoms with E-state index < -0.39 is 5.91 Å². The highest BCUT2D eigenvalue weighted by Gasteiger charge is 2.15. The first-order valence-electron chi connectivity index (χ1n) is 6.80. The van der Waals surface area contributed by atoms with Crippen molar-refractivity contribution in [3.05, 3.63) is 52.4 Å². The third kappa shape index (κ3) is 3.07. The number of carbonyl (C=O) groups is 1. The lowest BCUT2D eigenvalue weighted by Gasteiger charge is -2.06. The Morgan fingerprint density at radius 1 is 1.32 bits per heavy atom. The number of methoxy groups -OCH3 is 1. The van der Waals surface area contributed by atoms with Crippen LogP contribution in [0.2, 0.25) is 0 Å². The van der Waals surface area contributed by atoms with Gasteiger partial charge in [0.1, 0.15) is 17.4 Å². The minimum Gasteiger partial charge on any atom is -0.496 e. The largest absolute Gasteiger partial charge is 0.496 e. The zero-order valence-corrected chi connectivity index (χ0v) is 13.0. The number of aryl methyl sites for hydroxylation is 3. The zero-order valence-electron chi connectivity index (χ0n) is 13.0. The van der Waals surface area contributed by atoms with Crippen LogP contribution in [0.25, 0.3) is 6.08 Å². The minimum absolute atomic E-state index is 0.0377. The van der Waals surface area contributed by atoms with Gasteiger partial charge in [0.05, 0.1) is 12.8 Å². The molecule has 0 aliphatic rings. The van der Waals surface area contributed by atoms with E-state index in [2.05, 4.69) is 5.10 Å². The molecule has 0 saturated heterocycles. The molecule has 0 aliphatic heterocycles. The zero-order chi connectivity index (χ0) is 16.3. The van der Waals surface area contributed by atoms with Crippen LogP contribution in [0.1, 0.15) is 27.3 Å². The Balaban J connectivity index is 2.39. The fourth-order valence-electron chi connectivity index (χ4n) is 2.25. The molecule has 0 saturated carbocycles. The number of nitrogens with zero attached hydrogens (tertiary/aromatic N) is 3. The first kappa shape index (κ1) is 15.5. The van der Waals surface area contributed by atoms with E-state index in [-0.39, 0.29) is 5.57 Å². The Morgan fingerprint density at radius 2 is 2.05 bits per heavy atom. The first-order valence-corrected chi connectivity index (χ1v) is 6.80. The molecule has 2 rings (SSSR count). The van der Waals surface area contributed by atoms with E-state index >= 15 is 0 Å². The predicted molar refractivity (Wildman–Crippen MR) is 83.6 cm³/mol. The summed E-state index contributed by atoms with van der Waals surface area (Å²) >= 11 is 0. The number of nitriles is 1. The van der Waals surface area contributed by atoms with Crippen LogP contribution < -0.4 is 4.74 Å². The average Bonchev–Trinajstić information content (AvgIpc) is 2.83. The van der Waals surface area contributed by atoms with E-state index in [9.17, 15) is 10.1 Å². The molecule has 112 valence electrons. The topological polar surface area (TPSA) is 67.9 Å². The van der Waals surface area contributed by atoms with Gasteiger partial charge >= 0.3 is 0 Å². The Hall–Kier alpha value is -2.87. The van der Waals surface area contributed by atoms with Crippen LogP contribution in [0.5, 0.6) is 5.75 Å². The van der Waals surface area contributed by atoms with Crippen molar-refractivity contribution in [2.75, 3.05) is 7.11 Å². The summed E-state index contributed by atoms with van der Waals surface area (Å²) in [5, 5.41) is 13.4. The maximum absolute atomic E-state index is 12.4. The van der Waals surface area contributed by atoms with E-state index in [4.69, 9.17) is 4.74 Å². The molecule has 22 heavy (non-hydrogen) atoms. The van der Waals surface area contributed by atoms with Crippen LogP contribution in [0.3, 0.4) is 0 Å². The summed E-state index contributed by atoms with van der Waals surface area (Å²) in [5.74, 6) is 0.335. The van der Waals surface area contributed by atoms with Gasteiger partial charge in [-0.25, -0.2) is 4.68 Å². The molecular formula is C17H17N3O2.